The van der Waals surface area contributed by atoms with Gasteiger partial charge < -0.3 is 15.2 Å². The smallest absolute Gasteiger partial charge is 0.249 e. The van der Waals surface area contributed by atoms with Gasteiger partial charge in [0, 0.05) is 13.0 Å². The van der Waals surface area contributed by atoms with Crippen LogP contribution in [0.2, 0.25) is 0 Å². The summed E-state index contributed by atoms with van der Waals surface area (Å²) in [6.07, 6.45) is 7.32. The molecule has 4 aliphatic rings. The molecule has 4 saturated carbocycles. The first-order chi connectivity index (χ1) is 15.1. The number of hydrogen-bond donors (Lipinski definition) is 2. The minimum atomic E-state index is -1.01. The third-order valence-corrected chi connectivity index (χ3v) is 7.71. The molecule has 4 fully saturated rings. The van der Waals surface area contributed by atoms with Gasteiger partial charge in [0.25, 0.3) is 0 Å². The molecule has 1 unspecified atom stereocenters. The van der Waals surface area contributed by atoms with Crippen LogP contribution >= 0.6 is 0 Å². The molecule has 2 aromatic rings. The first-order valence-electron chi connectivity index (χ1n) is 11.8. The van der Waals surface area contributed by atoms with Crippen LogP contribution in [0.3, 0.4) is 0 Å². The molecule has 4 heteroatoms. The lowest BCUT2D eigenvalue weighted by Crippen LogP contribution is -2.52. The van der Waals surface area contributed by atoms with E-state index in [-0.39, 0.29) is 5.91 Å². The van der Waals surface area contributed by atoms with E-state index in [0.29, 0.717) is 18.4 Å². The SMILES string of the molecule is O=C(NCC12CC3CC(CC(C3)C1)C2)C(O)Cc1ccc(OCc2ccccc2)cc1. The molecule has 0 aliphatic heterocycles. The summed E-state index contributed by atoms with van der Waals surface area (Å²) in [5.74, 6) is 3.16. The predicted molar refractivity (Wildman–Crippen MR) is 121 cm³/mol. The highest BCUT2D eigenvalue weighted by atomic mass is 16.5. The molecule has 1 amide bonds. The van der Waals surface area contributed by atoms with Crippen molar-refractivity contribution in [2.24, 2.45) is 23.2 Å². The molecule has 4 aliphatic carbocycles. The summed E-state index contributed by atoms with van der Waals surface area (Å²) in [6, 6.07) is 17.7. The first kappa shape index (κ1) is 20.6. The number of nitrogens with one attached hydrogen (secondary N) is 1. The summed E-state index contributed by atoms with van der Waals surface area (Å²) in [5.41, 5.74) is 2.35. The normalized spacial score (nSPS) is 29.5. The number of amides is 1. The Morgan fingerprint density at radius 2 is 1.55 bits per heavy atom. The summed E-state index contributed by atoms with van der Waals surface area (Å²) in [4.78, 5) is 12.6. The van der Waals surface area contributed by atoms with Crippen LogP contribution in [0.5, 0.6) is 5.75 Å². The fourth-order valence-corrected chi connectivity index (χ4v) is 6.68. The van der Waals surface area contributed by atoms with Crippen molar-refractivity contribution in [1.29, 1.82) is 0 Å². The van der Waals surface area contributed by atoms with Gasteiger partial charge in [0.2, 0.25) is 5.91 Å². The Morgan fingerprint density at radius 3 is 2.16 bits per heavy atom. The summed E-state index contributed by atoms with van der Waals surface area (Å²) in [5, 5.41) is 13.6. The Labute approximate surface area is 185 Å². The van der Waals surface area contributed by atoms with Gasteiger partial charge >= 0.3 is 0 Å². The molecule has 2 aromatic carbocycles. The zero-order chi connectivity index (χ0) is 21.3. The quantitative estimate of drug-likeness (QED) is 0.662. The van der Waals surface area contributed by atoms with Crippen molar-refractivity contribution >= 4 is 5.91 Å². The van der Waals surface area contributed by atoms with Gasteiger partial charge in [-0.25, -0.2) is 0 Å². The van der Waals surface area contributed by atoms with Crippen LogP contribution < -0.4 is 10.1 Å². The minimum Gasteiger partial charge on any atom is -0.489 e. The van der Waals surface area contributed by atoms with Crippen LogP contribution in [0.1, 0.15) is 49.7 Å². The van der Waals surface area contributed by atoms with E-state index in [1.807, 2.05) is 54.6 Å². The van der Waals surface area contributed by atoms with Gasteiger partial charge in [-0.1, -0.05) is 42.5 Å². The predicted octanol–water partition coefficient (Wildman–Crippen LogP) is 4.50. The van der Waals surface area contributed by atoms with Crippen molar-refractivity contribution in [3.8, 4) is 5.75 Å². The molecule has 4 bridgehead atoms. The van der Waals surface area contributed by atoms with Gasteiger partial charge in [0.05, 0.1) is 0 Å². The molecule has 31 heavy (non-hydrogen) atoms. The van der Waals surface area contributed by atoms with Gasteiger partial charge in [0.1, 0.15) is 18.5 Å². The zero-order valence-corrected chi connectivity index (χ0v) is 18.1. The zero-order valence-electron chi connectivity index (χ0n) is 18.1. The van der Waals surface area contributed by atoms with Crippen molar-refractivity contribution < 1.29 is 14.6 Å². The second kappa shape index (κ2) is 8.66. The van der Waals surface area contributed by atoms with E-state index in [2.05, 4.69) is 5.32 Å². The average molecular weight is 420 g/mol. The first-order valence-corrected chi connectivity index (χ1v) is 11.8. The van der Waals surface area contributed by atoms with E-state index >= 15 is 0 Å². The maximum atomic E-state index is 12.6. The van der Waals surface area contributed by atoms with Crippen LogP contribution in [0.15, 0.2) is 54.6 Å². The Kier molecular flexibility index (Phi) is 5.75. The molecule has 0 radical (unpaired) electrons. The summed E-state index contributed by atoms with van der Waals surface area (Å²) < 4.78 is 5.81. The topological polar surface area (TPSA) is 58.6 Å². The fourth-order valence-electron chi connectivity index (χ4n) is 6.68. The largest absolute Gasteiger partial charge is 0.489 e. The lowest BCUT2D eigenvalue weighted by molar-refractivity contribution is -0.131. The highest BCUT2D eigenvalue weighted by Gasteiger charge is 2.50. The van der Waals surface area contributed by atoms with Gasteiger partial charge in [-0.05, 0) is 85.0 Å². The Morgan fingerprint density at radius 1 is 0.935 bits per heavy atom. The molecule has 164 valence electrons. The second-order valence-electron chi connectivity index (χ2n) is 10.3. The van der Waals surface area contributed by atoms with E-state index < -0.39 is 6.10 Å². The van der Waals surface area contributed by atoms with Crippen LogP contribution in [0, 0.1) is 23.2 Å². The van der Waals surface area contributed by atoms with Gasteiger partial charge in [-0.3, -0.25) is 4.79 Å². The standard InChI is InChI=1S/C27H33NO3/c29-25(13-19-6-8-24(9-7-19)31-17-20-4-2-1-3-5-20)26(30)28-18-27-14-21-10-22(15-27)12-23(11-21)16-27/h1-9,21-23,25,29H,10-18H2,(H,28,30). The van der Waals surface area contributed by atoms with Crippen molar-refractivity contribution in [3.05, 3.63) is 65.7 Å². The van der Waals surface area contributed by atoms with E-state index in [9.17, 15) is 9.90 Å². The number of rotatable bonds is 8. The van der Waals surface area contributed by atoms with Crippen LogP contribution in [0.4, 0.5) is 0 Å². The number of hydrogen-bond acceptors (Lipinski definition) is 3. The number of aliphatic hydroxyl groups is 1. The number of ether oxygens (including phenoxy) is 1. The Hall–Kier alpha value is -2.33. The van der Waals surface area contributed by atoms with E-state index in [0.717, 1.165) is 41.2 Å². The van der Waals surface area contributed by atoms with Gasteiger partial charge in [-0.15, -0.1) is 0 Å². The molecule has 0 heterocycles. The molecule has 2 N–H and O–H groups in total. The Balaban J connectivity index is 1.10. The van der Waals surface area contributed by atoms with Crippen molar-refractivity contribution in [2.75, 3.05) is 6.54 Å². The molecular formula is C27H33NO3. The third kappa shape index (κ3) is 4.79. The van der Waals surface area contributed by atoms with Crippen molar-refractivity contribution in [1.82, 2.24) is 5.32 Å². The lowest BCUT2D eigenvalue weighted by atomic mass is 9.49. The molecule has 0 spiro atoms. The summed E-state index contributed by atoms with van der Waals surface area (Å²) >= 11 is 0. The molecule has 1 atom stereocenters. The van der Waals surface area contributed by atoms with Gasteiger partial charge in [-0.2, -0.15) is 0 Å². The monoisotopic (exact) mass is 419 g/mol. The van der Waals surface area contributed by atoms with E-state index in [1.165, 1.54) is 38.5 Å². The van der Waals surface area contributed by atoms with Gasteiger partial charge in [0.15, 0.2) is 0 Å². The maximum absolute atomic E-state index is 12.6. The lowest BCUT2D eigenvalue weighted by Gasteiger charge is -2.57. The average Bonchev–Trinajstić information content (AvgIpc) is 2.77. The Bertz CT molecular complexity index is 857. The van der Waals surface area contributed by atoms with Crippen molar-refractivity contribution in [2.45, 2.75) is 57.7 Å². The molecular weight excluding hydrogens is 386 g/mol. The van der Waals surface area contributed by atoms with E-state index in [4.69, 9.17) is 4.74 Å². The number of aliphatic hydroxyl groups excluding tert-OH is 1. The van der Waals surface area contributed by atoms with Crippen LogP contribution in [-0.4, -0.2) is 23.7 Å². The minimum absolute atomic E-state index is 0.236. The van der Waals surface area contributed by atoms with Crippen LogP contribution in [-0.2, 0) is 17.8 Å². The summed E-state index contributed by atoms with van der Waals surface area (Å²) in [6.45, 7) is 1.26. The number of carbonyl (C=O) groups excluding carboxylic acids is 1. The van der Waals surface area contributed by atoms with Crippen LogP contribution in [0.25, 0.3) is 0 Å². The number of benzene rings is 2. The highest BCUT2D eigenvalue weighted by molar-refractivity contribution is 5.80. The highest BCUT2D eigenvalue weighted by Crippen LogP contribution is 2.59. The van der Waals surface area contributed by atoms with Crippen molar-refractivity contribution in [3.63, 3.8) is 0 Å². The molecule has 4 nitrogen and oxygen atoms in total. The van der Waals surface area contributed by atoms with E-state index in [1.54, 1.807) is 0 Å². The molecule has 0 saturated heterocycles. The maximum Gasteiger partial charge on any atom is 0.249 e. The fraction of sp³-hybridized carbons (Fsp3) is 0.519. The molecule has 0 aromatic heterocycles. The summed E-state index contributed by atoms with van der Waals surface area (Å²) in [7, 11) is 0. The number of carbonyl (C=O) groups is 1. The second-order valence-corrected chi connectivity index (χ2v) is 10.3. The third-order valence-electron chi connectivity index (χ3n) is 7.71. The molecule has 6 rings (SSSR count).